The number of nitrogens with zero attached hydrogens (tertiary/aromatic N) is 1. The second-order valence-corrected chi connectivity index (χ2v) is 8.39. The molecule has 0 saturated carbocycles. The van der Waals surface area contributed by atoms with Crippen LogP contribution in [0.5, 0.6) is 17.2 Å². The molecule has 0 unspecified atom stereocenters. The first-order valence-electron chi connectivity index (χ1n) is 10.5. The van der Waals surface area contributed by atoms with E-state index in [0.717, 1.165) is 16.5 Å². The fraction of sp³-hybridized carbons (Fsp3) is 0.417. The van der Waals surface area contributed by atoms with Crippen molar-refractivity contribution in [3.05, 3.63) is 52.5 Å². The topological polar surface area (TPSA) is 77.1 Å². The molecule has 0 spiro atoms. The van der Waals surface area contributed by atoms with E-state index in [0.29, 0.717) is 17.2 Å². The smallest absolute Gasteiger partial charge is 0.261 e. The van der Waals surface area contributed by atoms with Crippen molar-refractivity contribution in [3.63, 3.8) is 0 Å². The van der Waals surface area contributed by atoms with E-state index < -0.39 is 6.04 Å². The fourth-order valence-corrected chi connectivity index (χ4v) is 3.19. The molecule has 0 aliphatic carbocycles. The van der Waals surface area contributed by atoms with Crippen LogP contribution in [-0.4, -0.2) is 49.6 Å². The number of halogens is 1. The van der Waals surface area contributed by atoms with E-state index in [1.54, 1.807) is 39.3 Å². The van der Waals surface area contributed by atoms with Crippen molar-refractivity contribution >= 4 is 27.7 Å². The van der Waals surface area contributed by atoms with Gasteiger partial charge in [0.1, 0.15) is 23.3 Å². The monoisotopic (exact) mass is 506 g/mol. The van der Waals surface area contributed by atoms with Gasteiger partial charge in [0.15, 0.2) is 6.61 Å². The van der Waals surface area contributed by atoms with E-state index in [-0.39, 0.29) is 31.0 Å². The SMILES string of the molecule is CC[C@@H](C)NC(=O)[C@@H](C)N(Cc1ccc(Br)cc1)C(=O)COc1cc(OC)cc(OC)c1. The second kappa shape index (κ2) is 12.3. The molecular formula is C24H31BrN2O5. The van der Waals surface area contributed by atoms with Gasteiger partial charge >= 0.3 is 0 Å². The van der Waals surface area contributed by atoms with Crippen molar-refractivity contribution in [2.24, 2.45) is 0 Å². The molecule has 2 aromatic rings. The van der Waals surface area contributed by atoms with Crippen LogP contribution in [0.3, 0.4) is 0 Å². The Labute approximate surface area is 198 Å². The predicted molar refractivity (Wildman–Crippen MR) is 127 cm³/mol. The maximum Gasteiger partial charge on any atom is 0.261 e. The quantitative estimate of drug-likeness (QED) is 0.494. The van der Waals surface area contributed by atoms with Crippen molar-refractivity contribution in [2.45, 2.75) is 45.8 Å². The van der Waals surface area contributed by atoms with Crippen molar-refractivity contribution in [1.82, 2.24) is 10.2 Å². The van der Waals surface area contributed by atoms with Gasteiger partial charge in [-0.15, -0.1) is 0 Å². The number of methoxy groups -OCH3 is 2. The van der Waals surface area contributed by atoms with Gasteiger partial charge in [0.05, 0.1) is 14.2 Å². The van der Waals surface area contributed by atoms with Gasteiger partial charge in [-0.05, 0) is 38.0 Å². The number of amides is 2. The normalized spacial score (nSPS) is 12.4. The highest BCUT2D eigenvalue weighted by molar-refractivity contribution is 9.10. The minimum Gasteiger partial charge on any atom is -0.496 e. The van der Waals surface area contributed by atoms with Gasteiger partial charge in [-0.2, -0.15) is 0 Å². The largest absolute Gasteiger partial charge is 0.496 e. The Morgan fingerprint density at radius 3 is 2.09 bits per heavy atom. The molecule has 0 bridgehead atoms. The molecule has 0 heterocycles. The number of nitrogens with one attached hydrogen (secondary N) is 1. The minimum absolute atomic E-state index is 0.0232. The first-order chi connectivity index (χ1) is 15.3. The van der Waals surface area contributed by atoms with Gasteiger partial charge < -0.3 is 24.4 Å². The first kappa shape index (κ1) is 25.5. The molecule has 0 aliphatic heterocycles. The van der Waals surface area contributed by atoms with Crippen LogP contribution in [-0.2, 0) is 16.1 Å². The van der Waals surface area contributed by atoms with Crippen LogP contribution in [0.4, 0.5) is 0 Å². The summed E-state index contributed by atoms with van der Waals surface area (Å²) >= 11 is 3.42. The third-order valence-electron chi connectivity index (χ3n) is 5.12. The minimum atomic E-state index is -0.663. The number of carbonyl (C=O) groups excluding carboxylic acids is 2. The van der Waals surface area contributed by atoms with Gasteiger partial charge in [-0.25, -0.2) is 0 Å². The lowest BCUT2D eigenvalue weighted by atomic mass is 10.1. The summed E-state index contributed by atoms with van der Waals surface area (Å²) in [6, 6.07) is 12.1. The van der Waals surface area contributed by atoms with E-state index >= 15 is 0 Å². The van der Waals surface area contributed by atoms with Crippen LogP contribution in [0.1, 0.15) is 32.8 Å². The van der Waals surface area contributed by atoms with Gasteiger partial charge in [0, 0.05) is 35.3 Å². The Balaban J connectivity index is 2.18. The van der Waals surface area contributed by atoms with Crippen LogP contribution in [0.2, 0.25) is 0 Å². The number of benzene rings is 2. The molecule has 2 amide bonds. The fourth-order valence-electron chi connectivity index (χ4n) is 2.93. The zero-order valence-electron chi connectivity index (χ0n) is 19.2. The Kier molecular flexibility index (Phi) is 9.84. The summed E-state index contributed by atoms with van der Waals surface area (Å²) in [6.07, 6.45) is 0.805. The van der Waals surface area contributed by atoms with Gasteiger partial charge in [-0.3, -0.25) is 9.59 Å². The molecule has 0 aromatic heterocycles. The maximum atomic E-state index is 13.1. The summed E-state index contributed by atoms with van der Waals surface area (Å²) in [5, 5.41) is 2.95. The zero-order valence-corrected chi connectivity index (χ0v) is 20.8. The molecule has 8 heteroatoms. The average Bonchev–Trinajstić information content (AvgIpc) is 2.81. The van der Waals surface area contributed by atoms with E-state index in [4.69, 9.17) is 14.2 Å². The summed E-state index contributed by atoms with van der Waals surface area (Å²) in [7, 11) is 3.09. The van der Waals surface area contributed by atoms with Crippen molar-refractivity contribution in [2.75, 3.05) is 20.8 Å². The molecule has 2 aromatic carbocycles. The summed E-state index contributed by atoms with van der Waals surface area (Å²) in [5.74, 6) is 1.05. The number of hydrogen-bond donors (Lipinski definition) is 1. The first-order valence-corrected chi connectivity index (χ1v) is 11.3. The highest BCUT2D eigenvalue weighted by Crippen LogP contribution is 2.27. The van der Waals surface area contributed by atoms with Crippen molar-refractivity contribution in [3.8, 4) is 17.2 Å². The summed E-state index contributed by atoms with van der Waals surface area (Å²) in [6.45, 7) is 5.71. The molecule has 174 valence electrons. The van der Waals surface area contributed by atoms with E-state index in [9.17, 15) is 9.59 Å². The summed E-state index contributed by atoms with van der Waals surface area (Å²) in [5.41, 5.74) is 0.910. The maximum absolute atomic E-state index is 13.1. The molecule has 0 radical (unpaired) electrons. The van der Waals surface area contributed by atoms with Gasteiger partial charge in [0.25, 0.3) is 5.91 Å². The Morgan fingerprint density at radius 1 is 1.00 bits per heavy atom. The zero-order chi connectivity index (χ0) is 23.7. The van der Waals surface area contributed by atoms with E-state index in [2.05, 4.69) is 21.2 Å². The number of hydrogen-bond acceptors (Lipinski definition) is 5. The molecule has 7 nitrogen and oxygen atoms in total. The highest BCUT2D eigenvalue weighted by atomic mass is 79.9. The number of ether oxygens (including phenoxy) is 3. The lowest BCUT2D eigenvalue weighted by Crippen LogP contribution is -2.50. The highest BCUT2D eigenvalue weighted by Gasteiger charge is 2.27. The third-order valence-corrected chi connectivity index (χ3v) is 5.65. The molecule has 32 heavy (non-hydrogen) atoms. The molecule has 1 N–H and O–H groups in total. The summed E-state index contributed by atoms with van der Waals surface area (Å²) < 4.78 is 17.2. The molecular weight excluding hydrogens is 476 g/mol. The van der Waals surface area contributed by atoms with Crippen LogP contribution < -0.4 is 19.5 Å². The Bertz CT molecular complexity index is 882. The van der Waals surface area contributed by atoms with Crippen molar-refractivity contribution in [1.29, 1.82) is 0 Å². The Hall–Kier alpha value is -2.74. The van der Waals surface area contributed by atoms with E-state index in [1.165, 1.54) is 4.90 Å². The molecule has 0 saturated heterocycles. The standard InChI is InChI=1S/C24H31BrN2O5/c1-6-16(2)26-24(29)17(3)27(14-18-7-9-19(25)10-8-18)23(28)15-32-22-12-20(30-4)11-21(13-22)31-5/h7-13,16-17H,6,14-15H2,1-5H3,(H,26,29)/t16-,17-/m1/s1. The molecule has 2 atom stereocenters. The van der Waals surface area contributed by atoms with Crippen molar-refractivity contribution < 1.29 is 23.8 Å². The molecule has 2 rings (SSSR count). The van der Waals surface area contributed by atoms with Crippen LogP contribution in [0.25, 0.3) is 0 Å². The average molecular weight is 507 g/mol. The third kappa shape index (κ3) is 7.44. The molecule has 0 fully saturated rings. The van der Waals surface area contributed by atoms with Gasteiger partial charge in [0.2, 0.25) is 5.91 Å². The van der Waals surface area contributed by atoms with Crippen LogP contribution >= 0.6 is 15.9 Å². The second-order valence-electron chi connectivity index (χ2n) is 7.48. The van der Waals surface area contributed by atoms with Crippen LogP contribution in [0.15, 0.2) is 46.9 Å². The molecule has 0 aliphatic rings. The van der Waals surface area contributed by atoms with Gasteiger partial charge in [-0.1, -0.05) is 35.0 Å². The lowest BCUT2D eigenvalue weighted by molar-refractivity contribution is -0.142. The Morgan fingerprint density at radius 2 is 1.56 bits per heavy atom. The summed E-state index contributed by atoms with van der Waals surface area (Å²) in [4.78, 5) is 27.4. The predicted octanol–water partition coefficient (Wildman–Crippen LogP) is 4.18. The van der Waals surface area contributed by atoms with E-state index in [1.807, 2.05) is 38.1 Å². The van der Waals surface area contributed by atoms with Crippen LogP contribution in [0, 0.1) is 0 Å². The lowest BCUT2D eigenvalue weighted by Gasteiger charge is -2.29. The number of rotatable bonds is 11. The number of carbonyl (C=O) groups is 2.